The fourth-order valence-electron chi connectivity index (χ4n) is 3.82. The molecule has 0 aromatic heterocycles. The quantitative estimate of drug-likeness (QED) is 0.758. The van der Waals surface area contributed by atoms with E-state index in [-0.39, 0.29) is 5.97 Å². The standard InChI is InChI=1S/C16H30N2O2/c1-3-8-18-11-13(10-16(19)20-2)9-15(12-18)17-14-6-4-5-7-14/h13-15,17H,3-12H2,1-2H3. The van der Waals surface area contributed by atoms with Gasteiger partial charge < -0.3 is 15.0 Å². The Balaban J connectivity index is 1.87. The molecule has 0 radical (unpaired) electrons. The van der Waals surface area contributed by atoms with Gasteiger partial charge in [-0.15, -0.1) is 0 Å². The summed E-state index contributed by atoms with van der Waals surface area (Å²) in [7, 11) is 1.49. The van der Waals surface area contributed by atoms with Crippen molar-refractivity contribution in [2.45, 2.75) is 64.0 Å². The van der Waals surface area contributed by atoms with Crippen molar-refractivity contribution in [3.05, 3.63) is 0 Å². The highest BCUT2D eigenvalue weighted by Gasteiger charge is 2.30. The van der Waals surface area contributed by atoms with Gasteiger partial charge in [-0.3, -0.25) is 4.79 Å². The van der Waals surface area contributed by atoms with Gasteiger partial charge in [0.15, 0.2) is 0 Å². The van der Waals surface area contributed by atoms with Crippen molar-refractivity contribution in [3.63, 3.8) is 0 Å². The first-order valence-corrected chi connectivity index (χ1v) is 8.26. The molecule has 1 heterocycles. The molecule has 1 aliphatic carbocycles. The van der Waals surface area contributed by atoms with Gasteiger partial charge in [-0.1, -0.05) is 19.8 Å². The summed E-state index contributed by atoms with van der Waals surface area (Å²) in [5.41, 5.74) is 0. The Hall–Kier alpha value is -0.610. The van der Waals surface area contributed by atoms with E-state index in [1.807, 2.05) is 0 Å². The van der Waals surface area contributed by atoms with Gasteiger partial charge >= 0.3 is 5.97 Å². The van der Waals surface area contributed by atoms with E-state index in [0.29, 0.717) is 24.4 Å². The van der Waals surface area contributed by atoms with Gasteiger partial charge in [0, 0.05) is 31.6 Å². The molecule has 2 fully saturated rings. The average Bonchev–Trinajstić information content (AvgIpc) is 2.91. The van der Waals surface area contributed by atoms with E-state index in [4.69, 9.17) is 4.74 Å². The minimum atomic E-state index is -0.0621. The lowest BCUT2D eigenvalue weighted by molar-refractivity contribution is -0.142. The minimum Gasteiger partial charge on any atom is -0.469 e. The van der Waals surface area contributed by atoms with Gasteiger partial charge in [0.05, 0.1) is 7.11 Å². The highest BCUT2D eigenvalue weighted by Crippen LogP contribution is 2.24. The molecule has 2 aliphatic rings. The molecule has 0 aromatic carbocycles. The van der Waals surface area contributed by atoms with Gasteiger partial charge in [0.2, 0.25) is 0 Å². The molecule has 1 saturated carbocycles. The average molecular weight is 282 g/mol. The molecule has 1 aliphatic heterocycles. The van der Waals surface area contributed by atoms with Crippen molar-refractivity contribution < 1.29 is 9.53 Å². The maximum atomic E-state index is 11.5. The van der Waals surface area contributed by atoms with Crippen LogP contribution in [0.2, 0.25) is 0 Å². The molecule has 1 saturated heterocycles. The Bertz CT molecular complexity index is 303. The van der Waals surface area contributed by atoms with Crippen LogP contribution in [-0.2, 0) is 9.53 Å². The summed E-state index contributed by atoms with van der Waals surface area (Å²) in [6.07, 6.45) is 8.26. The van der Waals surface area contributed by atoms with E-state index in [9.17, 15) is 4.79 Å². The third-order valence-corrected chi connectivity index (χ3v) is 4.66. The second kappa shape index (κ2) is 7.99. The lowest BCUT2D eigenvalue weighted by Gasteiger charge is -2.39. The smallest absolute Gasteiger partial charge is 0.305 e. The van der Waals surface area contributed by atoms with E-state index in [1.54, 1.807) is 0 Å². The number of esters is 1. The number of nitrogens with one attached hydrogen (secondary N) is 1. The normalized spacial score (nSPS) is 28.7. The van der Waals surface area contributed by atoms with E-state index >= 15 is 0 Å². The molecule has 4 heteroatoms. The van der Waals surface area contributed by atoms with Crippen molar-refractivity contribution in [1.29, 1.82) is 0 Å². The van der Waals surface area contributed by atoms with Gasteiger partial charge in [0.1, 0.15) is 0 Å². The Labute approximate surface area is 123 Å². The number of hydrogen-bond donors (Lipinski definition) is 1. The summed E-state index contributed by atoms with van der Waals surface area (Å²) in [5, 5.41) is 3.83. The summed E-state index contributed by atoms with van der Waals surface area (Å²) < 4.78 is 4.84. The number of piperidine rings is 1. The summed E-state index contributed by atoms with van der Waals surface area (Å²) in [5.74, 6) is 0.384. The predicted molar refractivity (Wildman–Crippen MR) is 80.7 cm³/mol. The zero-order valence-electron chi connectivity index (χ0n) is 13.1. The monoisotopic (exact) mass is 282 g/mol. The molecule has 20 heavy (non-hydrogen) atoms. The van der Waals surface area contributed by atoms with Crippen LogP contribution in [0.1, 0.15) is 51.9 Å². The molecule has 0 aromatic rings. The Morgan fingerprint density at radius 2 is 2.00 bits per heavy atom. The zero-order chi connectivity index (χ0) is 14.4. The van der Waals surface area contributed by atoms with Crippen LogP contribution in [0.25, 0.3) is 0 Å². The number of nitrogens with zero attached hydrogens (tertiary/aromatic N) is 1. The molecule has 0 bridgehead atoms. The lowest BCUT2D eigenvalue weighted by Crippen LogP contribution is -2.51. The Kier molecular flexibility index (Phi) is 6.30. The van der Waals surface area contributed by atoms with Crippen LogP contribution in [0.4, 0.5) is 0 Å². The maximum absolute atomic E-state index is 11.5. The molecule has 0 amide bonds. The van der Waals surface area contributed by atoms with Gasteiger partial charge in [-0.25, -0.2) is 0 Å². The Morgan fingerprint density at radius 3 is 2.65 bits per heavy atom. The molecule has 2 atom stereocenters. The lowest BCUT2D eigenvalue weighted by atomic mass is 9.90. The number of rotatable bonds is 6. The number of ether oxygens (including phenoxy) is 1. The van der Waals surface area contributed by atoms with Crippen molar-refractivity contribution in [1.82, 2.24) is 10.2 Å². The number of carbonyl (C=O) groups excluding carboxylic acids is 1. The summed E-state index contributed by atoms with van der Waals surface area (Å²) in [6, 6.07) is 1.26. The molecule has 1 N–H and O–H groups in total. The van der Waals surface area contributed by atoms with E-state index in [2.05, 4.69) is 17.1 Å². The summed E-state index contributed by atoms with van der Waals surface area (Å²) in [6.45, 7) is 5.55. The van der Waals surface area contributed by atoms with Crippen LogP contribution in [-0.4, -0.2) is 49.7 Å². The molecule has 0 spiro atoms. The first kappa shape index (κ1) is 15.8. The maximum Gasteiger partial charge on any atom is 0.305 e. The van der Waals surface area contributed by atoms with Crippen LogP contribution >= 0.6 is 0 Å². The highest BCUT2D eigenvalue weighted by atomic mass is 16.5. The number of hydrogen-bond acceptors (Lipinski definition) is 4. The zero-order valence-corrected chi connectivity index (χ0v) is 13.1. The second-order valence-electron chi connectivity index (χ2n) is 6.49. The van der Waals surface area contributed by atoms with Crippen LogP contribution in [0.3, 0.4) is 0 Å². The van der Waals surface area contributed by atoms with Crippen molar-refractivity contribution in [2.24, 2.45) is 5.92 Å². The largest absolute Gasteiger partial charge is 0.469 e. The fraction of sp³-hybridized carbons (Fsp3) is 0.938. The molecule has 4 nitrogen and oxygen atoms in total. The van der Waals surface area contributed by atoms with Crippen LogP contribution in [0.15, 0.2) is 0 Å². The minimum absolute atomic E-state index is 0.0621. The topological polar surface area (TPSA) is 41.6 Å². The summed E-state index contributed by atoms with van der Waals surface area (Å²) >= 11 is 0. The van der Waals surface area contributed by atoms with Crippen molar-refractivity contribution in [2.75, 3.05) is 26.7 Å². The molecular formula is C16H30N2O2. The number of carbonyl (C=O) groups is 1. The summed E-state index contributed by atoms with van der Waals surface area (Å²) in [4.78, 5) is 14.1. The van der Waals surface area contributed by atoms with E-state index in [1.165, 1.54) is 39.2 Å². The SMILES string of the molecule is CCCN1CC(CC(=O)OC)CC(NC2CCCC2)C1. The molecule has 116 valence electrons. The number of likely N-dealkylation sites (tertiary alicyclic amines) is 1. The third kappa shape index (κ3) is 4.74. The van der Waals surface area contributed by atoms with Crippen LogP contribution < -0.4 is 5.32 Å². The molecular weight excluding hydrogens is 252 g/mol. The van der Waals surface area contributed by atoms with Gasteiger partial charge in [-0.05, 0) is 38.1 Å². The van der Waals surface area contributed by atoms with Gasteiger partial charge in [-0.2, -0.15) is 0 Å². The van der Waals surface area contributed by atoms with Gasteiger partial charge in [0.25, 0.3) is 0 Å². The Morgan fingerprint density at radius 1 is 1.25 bits per heavy atom. The van der Waals surface area contributed by atoms with E-state index in [0.717, 1.165) is 26.1 Å². The first-order valence-electron chi connectivity index (χ1n) is 8.26. The van der Waals surface area contributed by atoms with Crippen molar-refractivity contribution in [3.8, 4) is 0 Å². The first-order chi connectivity index (χ1) is 9.71. The van der Waals surface area contributed by atoms with Crippen molar-refractivity contribution >= 4 is 5.97 Å². The second-order valence-corrected chi connectivity index (χ2v) is 6.49. The molecule has 2 rings (SSSR count). The fourth-order valence-corrected chi connectivity index (χ4v) is 3.82. The highest BCUT2D eigenvalue weighted by molar-refractivity contribution is 5.69. The van der Waals surface area contributed by atoms with Crippen LogP contribution in [0.5, 0.6) is 0 Å². The van der Waals surface area contributed by atoms with Crippen LogP contribution in [0, 0.1) is 5.92 Å². The predicted octanol–water partition coefficient (Wildman–Crippen LogP) is 2.18. The third-order valence-electron chi connectivity index (χ3n) is 4.66. The van der Waals surface area contributed by atoms with E-state index < -0.39 is 0 Å². The number of methoxy groups -OCH3 is 1. The molecule has 2 unspecified atom stereocenters.